The quantitative estimate of drug-likeness (QED) is 0.699. The van der Waals surface area contributed by atoms with Crippen molar-refractivity contribution >= 4 is 0 Å². The van der Waals surface area contributed by atoms with Gasteiger partial charge in [0.2, 0.25) is 0 Å². The van der Waals surface area contributed by atoms with Crippen LogP contribution in [0.15, 0.2) is 41.2 Å². The summed E-state index contributed by atoms with van der Waals surface area (Å²) in [5.74, 6) is 7.80. The van der Waals surface area contributed by atoms with E-state index in [1.165, 1.54) is 25.7 Å². The van der Waals surface area contributed by atoms with E-state index in [2.05, 4.69) is 47.9 Å². The lowest BCUT2D eigenvalue weighted by atomic mass is 10.1. The summed E-state index contributed by atoms with van der Waals surface area (Å²) in [6, 6.07) is 11.8. The zero-order valence-corrected chi connectivity index (χ0v) is 17.5. The predicted molar refractivity (Wildman–Crippen MR) is 116 cm³/mol. The Hall–Kier alpha value is -2.51. The number of hydrogen-bond donors (Lipinski definition) is 0. The smallest absolute Gasteiger partial charge is 0.254 e. The fraction of sp³-hybridized carbons (Fsp3) is 0.480. The molecule has 1 atom stereocenters. The average Bonchev–Trinajstić information content (AvgIpc) is 3.40. The Morgan fingerprint density at radius 3 is 2.52 bits per heavy atom. The molecule has 29 heavy (non-hydrogen) atoms. The second kappa shape index (κ2) is 8.88. The van der Waals surface area contributed by atoms with E-state index < -0.39 is 0 Å². The molecule has 1 saturated carbocycles. The highest BCUT2D eigenvalue weighted by molar-refractivity contribution is 5.38. The number of pyridine rings is 1. The lowest BCUT2D eigenvalue weighted by Gasteiger charge is -2.20. The highest BCUT2D eigenvalue weighted by Crippen LogP contribution is 2.27. The van der Waals surface area contributed by atoms with Crippen LogP contribution in [-0.2, 0) is 0 Å². The molecular formula is C25H30N2O2. The SMILES string of the molecule is Cc1cc(OCCN2CCCC2)cc(=O)n1[C@H](C)c1ccc(C#CC2CC2)cc1. The Bertz CT molecular complexity index is 955. The summed E-state index contributed by atoms with van der Waals surface area (Å²) in [4.78, 5) is 15.2. The summed E-state index contributed by atoms with van der Waals surface area (Å²) in [6.07, 6.45) is 5.03. The topological polar surface area (TPSA) is 34.5 Å². The summed E-state index contributed by atoms with van der Waals surface area (Å²) in [5, 5.41) is 0. The molecule has 0 N–H and O–H groups in total. The van der Waals surface area contributed by atoms with E-state index in [0.29, 0.717) is 18.3 Å². The van der Waals surface area contributed by atoms with Crippen LogP contribution in [0.4, 0.5) is 0 Å². The van der Waals surface area contributed by atoms with Crippen LogP contribution in [-0.4, -0.2) is 35.7 Å². The standard InChI is InChI=1S/C25H30N2O2/c1-19-17-24(29-16-15-26-13-3-4-14-26)18-25(28)27(19)20(2)23-11-9-22(10-12-23)8-7-21-5-6-21/h9-12,17-18,20-21H,3-6,13-16H2,1-2H3/t20-/m1/s1. The Morgan fingerprint density at radius 2 is 1.86 bits per heavy atom. The van der Waals surface area contributed by atoms with Crippen molar-refractivity contribution in [3.63, 3.8) is 0 Å². The molecular weight excluding hydrogens is 360 g/mol. The first-order valence-corrected chi connectivity index (χ1v) is 10.8. The molecule has 1 aliphatic carbocycles. The fourth-order valence-corrected chi connectivity index (χ4v) is 3.97. The maximum atomic E-state index is 12.8. The lowest BCUT2D eigenvalue weighted by molar-refractivity contribution is 0.237. The molecule has 2 heterocycles. The van der Waals surface area contributed by atoms with E-state index in [4.69, 9.17) is 4.74 Å². The van der Waals surface area contributed by atoms with Crippen LogP contribution in [0.2, 0.25) is 0 Å². The Morgan fingerprint density at radius 1 is 1.14 bits per heavy atom. The van der Waals surface area contributed by atoms with Crippen LogP contribution < -0.4 is 10.3 Å². The minimum atomic E-state index is -0.0356. The number of rotatable bonds is 6. The van der Waals surface area contributed by atoms with Gasteiger partial charge >= 0.3 is 0 Å². The van der Waals surface area contributed by atoms with E-state index in [9.17, 15) is 4.79 Å². The summed E-state index contributed by atoms with van der Waals surface area (Å²) >= 11 is 0. The van der Waals surface area contributed by atoms with Crippen molar-refractivity contribution in [3.05, 3.63) is 63.6 Å². The van der Waals surface area contributed by atoms with Crippen molar-refractivity contribution in [1.29, 1.82) is 0 Å². The normalized spacial score (nSPS) is 17.6. The first-order chi connectivity index (χ1) is 14.1. The van der Waals surface area contributed by atoms with E-state index in [1.54, 1.807) is 6.07 Å². The molecule has 2 aliphatic rings. The van der Waals surface area contributed by atoms with Gasteiger partial charge in [0.1, 0.15) is 12.4 Å². The van der Waals surface area contributed by atoms with Gasteiger partial charge in [0.25, 0.3) is 5.56 Å². The number of ether oxygens (including phenoxy) is 1. The van der Waals surface area contributed by atoms with E-state index in [1.807, 2.05) is 17.6 Å². The third kappa shape index (κ3) is 5.10. The third-order valence-electron chi connectivity index (χ3n) is 5.89. The molecule has 2 aromatic rings. The highest BCUT2D eigenvalue weighted by Gasteiger charge is 2.18. The number of likely N-dealkylation sites (tertiary alicyclic amines) is 1. The van der Waals surface area contributed by atoms with Crippen molar-refractivity contribution in [2.75, 3.05) is 26.2 Å². The number of aryl methyl sites for hydroxylation is 1. The van der Waals surface area contributed by atoms with Gasteiger partial charge in [0.05, 0.1) is 6.04 Å². The molecule has 1 aliphatic heterocycles. The molecule has 1 aromatic carbocycles. The van der Waals surface area contributed by atoms with Crippen LogP contribution in [0, 0.1) is 24.7 Å². The van der Waals surface area contributed by atoms with Gasteiger partial charge in [-0.05, 0) is 76.4 Å². The van der Waals surface area contributed by atoms with E-state index in [0.717, 1.165) is 36.5 Å². The Labute approximate surface area is 173 Å². The maximum absolute atomic E-state index is 12.8. The number of benzene rings is 1. The first kappa shape index (κ1) is 19.8. The molecule has 2 fully saturated rings. The summed E-state index contributed by atoms with van der Waals surface area (Å²) in [7, 11) is 0. The molecule has 1 aromatic heterocycles. The van der Waals surface area contributed by atoms with Gasteiger partial charge in [0.15, 0.2) is 0 Å². The molecule has 0 unspecified atom stereocenters. The van der Waals surface area contributed by atoms with Gasteiger partial charge in [-0.15, -0.1) is 0 Å². The molecule has 0 spiro atoms. The van der Waals surface area contributed by atoms with Gasteiger partial charge in [-0.3, -0.25) is 9.69 Å². The molecule has 1 saturated heterocycles. The highest BCUT2D eigenvalue weighted by atomic mass is 16.5. The summed E-state index contributed by atoms with van der Waals surface area (Å²) in [6.45, 7) is 7.91. The second-order valence-corrected chi connectivity index (χ2v) is 8.28. The number of hydrogen-bond acceptors (Lipinski definition) is 3. The van der Waals surface area contributed by atoms with Gasteiger partial charge in [-0.1, -0.05) is 24.0 Å². The fourth-order valence-electron chi connectivity index (χ4n) is 3.97. The number of aromatic nitrogens is 1. The van der Waals surface area contributed by atoms with Crippen LogP contribution in [0.25, 0.3) is 0 Å². The van der Waals surface area contributed by atoms with Gasteiger partial charge in [-0.2, -0.15) is 0 Å². The van der Waals surface area contributed by atoms with Crippen LogP contribution >= 0.6 is 0 Å². The third-order valence-corrected chi connectivity index (χ3v) is 5.89. The zero-order valence-electron chi connectivity index (χ0n) is 17.5. The van der Waals surface area contributed by atoms with Crippen LogP contribution in [0.3, 0.4) is 0 Å². The molecule has 0 bridgehead atoms. The van der Waals surface area contributed by atoms with Crippen LogP contribution in [0.1, 0.15) is 55.5 Å². The van der Waals surface area contributed by atoms with Gasteiger partial charge in [-0.25, -0.2) is 0 Å². The van der Waals surface area contributed by atoms with Gasteiger partial charge in [0, 0.05) is 29.8 Å². The molecule has 4 rings (SSSR count). The average molecular weight is 391 g/mol. The van der Waals surface area contributed by atoms with Gasteiger partial charge < -0.3 is 9.30 Å². The molecule has 0 radical (unpaired) electrons. The molecule has 0 amide bonds. The zero-order chi connectivity index (χ0) is 20.2. The van der Waals surface area contributed by atoms with E-state index >= 15 is 0 Å². The second-order valence-electron chi connectivity index (χ2n) is 8.28. The van der Waals surface area contributed by atoms with Crippen molar-refractivity contribution < 1.29 is 4.74 Å². The Kier molecular flexibility index (Phi) is 6.06. The van der Waals surface area contributed by atoms with Crippen molar-refractivity contribution in [2.45, 2.75) is 45.6 Å². The Balaban J connectivity index is 1.43. The minimum Gasteiger partial charge on any atom is -0.492 e. The summed E-state index contributed by atoms with van der Waals surface area (Å²) < 4.78 is 7.70. The monoisotopic (exact) mass is 390 g/mol. The van der Waals surface area contributed by atoms with Crippen molar-refractivity contribution in [2.24, 2.45) is 5.92 Å². The number of nitrogens with zero attached hydrogens (tertiary/aromatic N) is 2. The molecule has 4 nitrogen and oxygen atoms in total. The minimum absolute atomic E-state index is 0.0220. The predicted octanol–water partition coefficient (Wildman–Crippen LogP) is 4.00. The first-order valence-electron chi connectivity index (χ1n) is 10.8. The van der Waals surface area contributed by atoms with E-state index in [-0.39, 0.29) is 11.6 Å². The maximum Gasteiger partial charge on any atom is 0.254 e. The van der Waals surface area contributed by atoms with Crippen molar-refractivity contribution in [1.82, 2.24) is 9.47 Å². The van der Waals surface area contributed by atoms with Crippen molar-refractivity contribution in [3.8, 4) is 17.6 Å². The lowest BCUT2D eigenvalue weighted by Crippen LogP contribution is -2.27. The largest absolute Gasteiger partial charge is 0.492 e. The van der Waals surface area contributed by atoms with Crippen LogP contribution in [0.5, 0.6) is 5.75 Å². The summed E-state index contributed by atoms with van der Waals surface area (Å²) in [5.41, 5.74) is 3.04. The molecule has 152 valence electrons. The molecule has 4 heteroatoms.